The number of aliphatic hydroxyl groups excluding tert-OH is 1. The Bertz CT molecular complexity index is 287. The molecule has 0 aromatic heterocycles. The van der Waals surface area contributed by atoms with Crippen LogP contribution < -0.4 is 5.73 Å². The molecule has 70 valence electrons. The SMILES string of the molecule is CC(=CO)Cc1ccc(CN)cc1. The van der Waals surface area contributed by atoms with Gasteiger partial charge in [0.05, 0.1) is 6.26 Å². The predicted molar refractivity (Wildman–Crippen MR) is 54.4 cm³/mol. The van der Waals surface area contributed by atoms with E-state index in [4.69, 9.17) is 10.8 Å². The van der Waals surface area contributed by atoms with Crippen molar-refractivity contribution >= 4 is 0 Å². The van der Waals surface area contributed by atoms with Crippen LogP contribution in [0.2, 0.25) is 0 Å². The van der Waals surface area contributed by atoms with Crippen LogP contribution in [0.5, 0.6) is 0 Å². The summed E-state index contributed by atoms with van der Waals surface area (Å²) in [5, 5.41) is 8.71. The fourth-order valence-electron chi connectivity index (χ4n) is 1.16. The molecule has 0 aliphatic heterocycles. The van der Waals surface area contributed by atoms with Gasteiger partial charge < -0.3 is 10.8 Å². The molecule has 2 heteroatoms. The molecule has 1 aromatic carbocycles. The van der Waals surface area contributed by atoms with E-state index in [0.717, 1.165) is 23.8 Å². The van der Waals surface area contributed by atoms with Gasteiger partial charge in [0.25, 0.3) is 0 Å². The predicted octanol–water partition coefficient (Wildman–Crippen LogP) is 2.15. The third-order valence-electron chi connectivity index (χ3n) is 1.96. The van der Waals surface area contributed by atoms with E-state index < -0.39 is 0 Å². The molecular formula is C11H15NO. The average molecular weight is 177 g/mol. The average Bonchev–Trinajstić information content (AvgIpc) is 2.19. The molecule has 3 N–H and O–H groups in total. The molecule has 0 aliphatic carbocycles. The Labute approximate surface area is 78.7 Å². The van der Waals surface area contributed by atoms with Gasteiger partial charge in [0.15, 0.2) is 0 Å². The summed E-state index contributed by atoms with van der Waals surface area (Å²) in [5.74, 6) is 0. The lowest BCUT2D eigenvalue weighted by molar-refractivity contribution is 0.465. The first kappa shape index (κ1) is 9.81. The second kappa shape index (κ2) is 4.67. The van der Waals surface area contributed by atoms with Crippen LogP contribution in [-0.4, -0.2) is 5.11 Å². The lowest BCUT2D eigenvalue weighted by Crippen LogP contribution is -1.96. The smallest absolute Gasteiger partial charge is 0.0784 e. The van der Waals surface area contributed by atoms with E-state index in [0.29, 0.717) is 6.54 Å². The molecule has 0 bridgehead atoms. The normalized spacial score (nSPS) is 11.7. The molecule has 0 unspecified atom stereocenters. The van der Waals surface area contributed by atoms with Gasteiger partial charge in [-0.15, -0.1) is 0 Å². The zero-order valence-electron chi connectivity index (χ0n) is 7.83. The fraction of sp³-hybridized carbons (Fsp3) is 0.273. The standard InChI is InChI=1S/C11H15NO/c1-9(8-13)6-10-2-4-11(7-12)5-3-10/h2-5,8,13H,6-7,12H2,1H3. The van der Waals surface area contributed by atoms with Gasteiger partial charge >= 0.3 is 0 Å². The van der Waals surface area contributed by atoms with Gasteiger partial charge in [0.1, 0.15) is 0 Å². The number of aliphatic hydroxyl groups is 1. The van der Waals surface area contributed by atoms with Crippen molar-refractivity contribution in [2.75, 3.05) is 0 Å². The summed E-state index contributed by atoms with van der Waals surface area (Å²) >= 11 is 0. The summed E-state index contributed by atoms with van der Waals surface area (Å²) in [6.45, 7) is 2.48. The van der Waals surface area contributed by atoms with E-state index in [1.54, 1.807) is 0 Å². The van der Waals surface area contributed by atoms with Gasteiger partial charge in [0, 0.05) is 6.54 Å². The zero-order chi connectivity index (χ0) is 9.68. The van der Waals surface area contributed by atoms with Crippen LogP contribution in [-0.2, 0) is 13.0 Å². The molecule has 0 saturated carbocycles. The third-order valence-corrected chi connectivity index (χ3v) is 1.96. The van der Waals surface area contributed by atoms with Crippen molar-refractivity contribution < 1.29 is 5.11 Å². The molecule has 0 radical (unpaired) electrons. The molecule has 0 saturated heterocycles. The second-order valence-corrected chi connectivity index (χ2v) is 3.17. The zero-order valence-corrected chi connectivity index (χ0v) is 7.83. The van der Waals surface area contributed by atoms with Gasteiger partial charge in [-0.3, -0.25) is 0 Å². The Kier molecular flexibility index (Phi) is 3.53. The second-order valence-electron chi connectivity index (χ2n) is 3.17. The van der Waals surface area contributed by atoms with Crippen molar-refractivity contribution in [3.63, 3.8) is 0 Å². The highest BCUT2D eigenvalue weighted by Gasteiger charge is 1.94. The number of allylic oxidation sites excluding steroid dienone is 1. The maximum atomic E-state index is 8.71. The van der Waals surface area contributed by atoms with Gasteiger partial charge in [0.2, 0.25) is 0 Å². The minimum atomic E-state index is 0.578. The lowest BCUT2D eigenvalue weighted by Gasteiger charge is -2.01. The number of hydrogen-bond donors (Lipinski definition) is 2. The van der Waals surface area contributed by atoms with E-state index in [-0.39, 0.29) is 0 Å². The van der Waals surface area contributed by atoms with Crippen molar-refractivity contribution in [2.45, 2.75) is 19.9 Å². The monoisotopic (exact) mass is 177 g/mol. The maximum Gasteiger partial charge on any atom is 0.0784 e. The Morgan fingerprint density at radius 2 is 1.85 bits per heavy atom. The van der Waals surface area contributed by atoms with Crippen molar-refractivity contribution in [3.05, 3.63) is 47.2 Å². The van der Waals surface area contributed by atoms with Crippen LogP contribution in [0.3, 0.4) is 0 Å². The van der Waals surface area contributed by atoms with E-state index in [1.807, 2.05) is 31.2 Å². The third kappa shape index (κ3) is 2.92. The van der Waals surface area contributed by atoms with Gasteiger partial charge in [-0.05, 0) is 30.0 Å². The minimum Gasteiger partial charge on any atom is -0.516 e. The summed E-state index contributed by atoms with van der Waals surface area (Å²) in [7, 11) is 0. The van der Waals surface area contributed by atoms with Crippen LogP contribution in [0, 0.1) is 0 Å². The van der Waals surface area contributed by atoms with Crippen LogP contribution >= 0.6 is 0 Å². The first-order chi connectivity index (χ1) is 6.26. The topological polar surface area (TPSA) is 46.2 Å². The molecule has 0 amide bonds. The Morgan fingerprint density at radius 3 is 2.31 bits per heavy atom. The largest absolute Gasteiger partial charge is 0.516 e. The molecule has 13 heavy (non-hydrogen) atoms. The number of nitrogens with two attached hydrogens (primary N) is 1. The molecule has 0 fully saturated rings. The van der Waals surface area contributed by atoms with Crippen LogP contribution in [0.15, 0.2) is 36.1 Å². The first-order valence-electron chi connectivity index (χ1n) is 4.34. The summed E-state index contributed by atoms with van der Waals surface area (Å²) in [6, 6.07) is 8.10. The van der Waals surface area contributed by atoms with Crippen molar-refractivity contribution in [1.82, 2.24) is 0 Å². The van der Waals surface area contributed by atoms with Crippen molar-refractivity contribution in [2.24, 2.45) is 5.73 Å². The number of benzene rings is 1. The summed E-state index contributed by atoms with van der Waals surface area (Å²) in [4.78, 5) is 0. The quantitative estimate of drug-likeness (QED) is 0.695. The highest BCUT2D eigenvalue weighted by atomic mass is 16.2. The molecular weight excluding hydrogens is 162 g/mol. The first-order valence-corrected chi connectivity index (χ1v) is 4.34. The van der Waals surface area contributed by atoms with Crippen molar-refractivity contribution in [3.8, 4) is 0 Å². The van der Waals surface area contributed by atoms with Crippen LogP contribution in [0.4, 0.5) is 0 Å². The summed E-state index contributed by atoms with van der Waals surface area (Å²) < 4.78 is 0. The Balaban J connectivity index is 2.69. The van der Waals surface area contributed by atoms with Gasteiger partial charge in [-0.2, -0.15) is 0 Å². The van der Waals surface area contributed by atoms with Gasteiger partial charge in [-0.25, -0.2) is 0 Å². The highest BCUT2D eigenvalue weighted by Crippen LogP contribution is 2.08. The molecule has 0 spiro atoms. The van der Waals surface area contributed by atoms with Crippen molar-refractivity contribution in [1.29, 1.82) is 0 Å². The lowest BCUT2D eigenvalue weighted by atomic mass is 10.1. The molecule has 2 nitrogen and oxygen atoms in total. The molecule has 1 aromatic rings. The van der Waals surface area contributed by atoms with E-state index in [2.05, 4.69) is 0 Å². The van der Waals surface area contributed by atoms with Gasteiger partial charge in [-0.1, -0.05) is 24.3 Å². The minimum absolute atomic E-state index is 0.578. The highest BCUT2D eigenvalue weighted by molar-refractivity contribution is 5.25. The number of hydrogen-bond acceptors (Lipinski definition) is 2. The molecule has 0 heterocycles. The number of rotatable bonds is 3. The molecule has 1 rings (SSSR count). The maximum absolute atomic E-state index is 8.71. The fourth-order valence-corrected chi connectivity index (χ4v) is 1.16. The van der Waals surface area contributed by atoms with E-state index >= 15 is 0 Å². The summed E-state index contributed by atoms with van der Waals surface area (Å²) in [6.07, 6.45) is 1.94. The summed E-state index contributed by atoms with van der Waals surface area (Å²) in [5.41, 5.74) is 8.76. The van der Waals surface area contributed by atoms with Crippen LogP contribution in [0.25, 0.3) is 0 Å². The van der Waals surface area contributed by atoms with Crippen LogP contribution in [0.1, 0.15) is 18.1 Å². The van der Waals surface area contributed by atoms with E-state index in [9.17, 15) is 0 Å². The molecule has 0 aliphatic rings. The van der Waals surface area contributed by atoms with E-state index in [1.165, 1.54) is 5.56 Å². The Morgan fingerprint density at radius 1 is 1.31 bits per heavy atom. The Hall–Kier alpha value is -1.28. The molecule has 0 atom stereocenters.